The monoisotopic (exact) mass is 268 g/mol. The summed E-state index contributed by atoms with van der Waals surface area (Å²) in [5.74, 6) is 0. The fourth-order valence-corrected chi connectivity index (χ4v) is 1.31. The molecule has 108 valence electrons. The first-order chi connectivity index (χ1) is 8.78. The van der Waals surface area contributed by atoms with Crippen molar-refractivity contribution in [1.29, 1.82) is 0 Å². The quantitative estimate of drug-likeness (QED) is 0.727. The molecule has 19 heavy (non-hydrogen) atoms. The Morgan fingerprint density at radius 3 is 2.63 bits per heavy atom. The highest BCUT2D eigenvalue weighted by molar-refractivity contribution is 5.70. The Balaban J connectivity index is 4.36. The van der Waals surface area contributed by atoms with Crippen LogP contribution in [0, 0.1) is 0 Å². The summed E-state index contributed by atoms with van der Waals surface area (Å²) >= 11 is 0. The van der Waals surface area contributed by atoms with Crippen LogP contribution in [0.15, 0.2) is 29.4 Å². The summed E-state index contributed by atoms with van der Waals surface area (Å²) in [5, 5.41) is 11.9. The highest BCUT2D eigenvalue weighted by Crippen LogP contribution is 2.09. The summed E-state index contributed by atoms with van der Waals surface area (Å²) in [6.07, 6.45) is 4.78. The number of aliphatic imine (C=N–C) groups is 1. The summed E-state index contributed by atoms with van der Waals surface area (Å²) in [6, 6.07) is -0.384. The number of hydrogen-bond donors (Lipinski definition) is 2. The molecule has 0 rings (SSSR count). The van der Waals surface area contributed by atoms with Crippen LogP contribution in [-0.4, -0.2) is 35.7 Å². The first-order valence-corrected chi connectivity index (χ1v) is 6.18. The largest absolute Gasteiger partial charge is 0.444 e. The molecule has 1 atom stereocenters. The molecule has 0 aromatic heterocycles. The fourth-order valence-electron chi connectivity index (χ4n) is 1.31. The first-order valence-electron chi connectivity index (χ1n) is 6.18. The average Bonchev–Trinajstić information content (AvgIpc) is 2.25. The third-order valence-electron chi connectivity index (χ3n) is 2.00. The van der Waals surface area contributed by atoms with Gasteiger partial charge >= 0.3 is 6.09 Å². The van der Waals surface area contributed by atoms with E-state index >= 15 is 0 Å². The van der Waals surface area contributed by atoms with Crippen LogP contribution in [0.1, 0.15) is 34.1 Å². The van der Waals surface area contributed by atoms with Crippen molar-refractivity contribution in [3.05, 3.63) is 24.4 Å². The summed E-state index contributed by atoms with van der Waals surface area (Å²) in [7, 11) is 0. The molecule has 0 saturated heterocycles. The molecule has 0 heterocycles. The van der Waals surface area contributed by atoms with Crippen LogP contribution in [0.25, 0.3) is 0 Å². The summed E-state index contributed by atoms with van der Waals surface area (Å²) in [4.78, 5) is 15.5. The number of ether oxygens (including phenoxy) is 1. The van der Waals surface area contributed by atoms with Crippen LogP contribution in [0.2, 0.25) is 0 Å². The van der Waals surface area contributed by atoms with E-state index in [4.69, 9.17) is 4.74 Å². The van der Waals surface area contributed by atoms with Crippen LogP contribution in [0.5, 0.6) is 0 Å². The Morgan fingerprint density at radius 2 is 2.16 bits per heavy atom. The van der Waals surface area contributed by atoms with Crippen LogP contribution >= 0.6 is 0 Å². The smallest absolute Gasteiger partial charge is 0.407 e. The zero-order valence-electron chi connectivity index (χ0n) is 12.1. The number of nitrogens with zero attached hydrogens (tertiary/aromatic N) is 1. The lowest BCUT2D eigenvalue weighted by Gasteiger charge is -2.22. The molecule has 0 aliphatic carbocycles. The lowest BCUT2D eigenvalue weighted by Crippen LogP contribution is -2.41. The normalized spacial score (nSPS) is 14.3. The molecule has 0 aromatic rings. The Kier molecular flexibility index (Phi) is 7.75. The molecule has 5 nitrogen and oxygen atoms in total. The van der Waals surface area contributed by atoms with E-state index in [1.54, 1.807) is 39.3 Å². The van der Waals surface area contributed by atoms with Gasteiger partial charge in [0.15, 0.2) is 0 Å². The Morgan fingerprint density at radius 1 is 1.53 bits per heavy atom. The Bertz CT molecular complexity index is 354. The minimum atomic E-state index is -0.552. The van der Waals surface area contributed by atoms with E-state index in [1.165, 1.54) is 0 Å². The van der Waals surface area contributed by atoms with E-state index in [1.807, 2.05) is 6.92 Å². The van der Waals surface area contributed by atoms with Crippen molar-refractivity contribution in [2.45, 2.75) is 45.8 Å². The molecule has 5 heteroatoms. The molecule has 0 fully saturated rings. The molecule has 0 spiro atoms. The standard InChI is InChI=1S/C14H24N2O3/c1-6-7-15-9-11(2)8-12(10-17)16-13(18)19-14(3,4)5/h6-7,9,12,17H,1,8,10H2,2-5H3,(H,16,18)/b11-9+,15-7?. The highest BCUT2D eigenvalue weighted by Gasteiger charge is 2.19. The summed E-state index contributed by atoms with van der Waals surface area (Å²) in [6.45, 7) is 10.6. The summed E-state index contributed by atoms with van der Waals surface area (Å²) in [5.41, 5.74) is 0.386. The number of amides is 1. The SMILES string of the molecule is C=CC=N/C=C(\C)CC(CO)NC(=O)OC(C)(C)C. The maximum absolute atomic E-state index is 11.6. The van der Waals surface area contributed by atoms with Gasteiger partial charge in [-0.2, -0.15) is 0 Å². The van der Waals surface area contributed by atoms with Crippen LogP contribution < -0.4 is 5.32 Å². The minimum Gasteiger partial charge on any atom is -0.444 e. The van der Waals surface area contributed by atoms with E-state index in [2.05, 4.69) is 16.9 Å². The van der Waals surface area contributed by atoms with Gasteiger partial charge in [-0.05, 0) is 34.1 Å². The van der Waals surface area contributed by atoms with Gasteiger partial charge in [0.1, 0.15) is 5.60 Å². The zero-order chi connectivity index (χ0) is 14.9. The van der Waals surface area contributed by atoms with Gasteiger partial charge in [-0.1, -0.05) is 18.2 Å². The Hall–Kier alpha value is -1.62. The number of alkyl carbamates (subject to hydrolysis) is 1. The van der Waals surface area contributed by atoms with Crippen molar-refractivity contribution < 1.29 is 14.6 Å². The number of rotatable bonds is 6. The predicted octanol–water partition coefficient (Wildman–Crippen LogP) is 2.42. The molecular weight excluding hydrogens is 244 g/mol. The van der Waals surface area contributed by atoms with Crippen LogP contribution in [-0.2, 0) is 4.74 Å². The van der Waals surface area contributed by atoms with Crippen molar-refractivity contribution in [2.75, 3.05) is 6.61 Å². The van der Waals surface area contributed by atoms with Gasteiger partial charge in [0.2, 0.25) is 0 Å². The molecule has 0 radical (unpaired) electrons. The van der Waals surface area contributed by atoms with Gasteiger partial charge in [-0.15, -0.1) is 0 Å². The Labute approximate surface area is 115 Å². The molecule has 1 amide bonds. The van der Waals surface area contributed by atoms with Crippen LogP contribution in [0.4, 0.5) is 4.79 Å². The molecule has 1 unspecified atom stereocenters. The topological polar surface area (TPSA) is 70.9 Å². The maximum Gasteiger partial charge on any atom is 0.407 e. The van der Waals surface area contributed by atoms with E-state index in [0.29, 0.717) is 6.42 Å². The third-order valence-corrected chi connectivity index (χ3v) is 2.00. The molecule has 2 N–H and O–H groups in total. The van der Waals surface area contributed by atoms with Gasteiger partial charge < -0.3 is 15.2 Å². The van der Waals surface area contributed by atoms with Crippen molar-refractivity contribution >= 4 is 12.3 Å². The van der Waals surface area contributed by atoms with Gasteiger partial charge in [-0.3, -0.25) is 4.99 Å². The lowest BCUT2D eigenvalue weighted by molar-refractivity contribution is 0.0483. The second kappa shape index (κ2) is 8.48. The summed E-state index contributed by atoms with van der Waals surface area (Å²) < 4.78 is 5.13. The van der Waals surface area contributed by atoms with Crippen molar-refractivity contribution in [3.63, 3.8) is 0 Å². The van der Waals surface area contributed by atoms with Crippen molar-refractivity contribution in [1.82, 2.24) is 5.32 Å². The molecule has 0 aromatic carbocycles. The molecule has 0 aliphatic rings. The molecule has 0 saturated carbocycles. The van der Waals surface area contributed by atoms with Crippen LogP contribution in [0.3, 0.4) is 0 Å². The number of carbonyl (C=O) groups excluding carboxylic acids is 1. The number of hydrogen-bond acceptors (Lipinski definition) is 4. The average molecular weight is 268 g/mol. The maximum atomic E-state index is 11.6. The van der Waals surface area contributed by atoms with E-state index in [0.717, 1.165) is 5.57 Å². The fraction of sp³-hybridized carbons (Fsp3) is 0.571. The molecule has 0 bridgehead atoms. The predicted molar refractivity (Wildman–Crippen MR) is 77.3 cm³/mol. The molecule has 0 aliphatic heterocycles. The molecular formula is C14H24N2O3. The lowest BCUT2D eigenvalue weighted by atomic mass is 10.1. The van der Waals surface area contributed by atoms with E-state index in [9.17, 15) is 9.90 Å². The first kappa shape index (κ1) is 17.4. The number of allylic oxidation sites excluding steroid dienone is 1. The van der Waals surface area contributed by atoms with E-state index < -0.39 is 11.7 Å². The zero-order valence-corrected chi connectivity index (χ0v) is 12.1. The number of aliphatic hydroxyl groups excluding tert-OH is 1. The highest BCUT2D eigenvalue weighted by atomic mass is 16.6. The van der Waals surface area contributed by atoms with Gasteiger partial charge in [0, 0.05) is 12.4 Å². The number of carbonyl (C=O) groups is 1. The second-order valence-corrected chi connectivity index (χ2v) is 5.24. The minimum absolute atomic E-state index is 0.157. The van der Waals surface area contributed by atoms with Gasteiger partial charge in [0.05, 0.1) is 12.6 Å². The number of nitrogens with one attached hydrogen (secondary N) is 1. The number of aliphatic hydroxyl groups is 1. The van der Waals surface area contributed by atoms with E-state index in [-0.39, 0.29) is 12.6 Å². The van der Waals surface area contributed by atoms with Gasteiger partial charge in [-0.25, -0.2) is 4.79 Å². The van der Waals surface area contributed by atoms with Gasteiger partial charge in [0.25, 0.3) is 0 Å². The van der Waals surface area contributed by atoms with Crippen molar-refractivity contribution in [3.8, 4) is 0 Å². The second-order valence-electron chi connectivity index (χ2n) is 5.24. The third kappa shape index (κ3) is 10.0. The van der Waals surface area contributed by atoms with Crippen molar-refractivity contribution in [2.24, 2.45) is 4.99 Å².